The number of sulfone groups is 1. The second-order valence-electron chi connectivity index (χ2n) is 5.00. The molecule has 0 aliphatic carbocycles. The standard InChI is InChI=1S/C14H22N2O4S/c1-10(11-6-4-5-7-13(11)20-2)16-14(17)12(15)8-9-21(3,18)19/h4-7,10,12H,8-9,15H2,1-3H3,(H,16,17)/t10-,12?/m0/s1. The van der Waals surface area contributed by atoms with Crippen molar-refractivity contribution in [1.82, 2.24) is 5.32 Å². The minimum absolute atomic E-state index is 0.101. The van der Waals surface area contributed by atoms with Gasteiger partial charge < -0.3 is 15.8 Å². The van der Waals surface area contributed by atoms with Crippen molar-refractivity contribution in [2.24, 2.45) is 5.73 Å². The highest BCUT2D eigenvalue weighted by Gasteiger charge is 2.19. The van der Waals surface area contributed by atoms with Gasteiger partial charge in [-0.2, -0.15) is 0 Å². The molecule has 1 unspecified atom stereocenters. The minimum atomic E-state index is -3.12. The molecule has 0 radical (unpaired) electrons. The van der Waals surface area contributed by atoms with Crippen LogP contribution in [0, 0.1) is 0 Å². The van der Waals surface area contributed by atoms with E-state index in [1.807, 2.05) is 31.2 Å². The van der Waals surface area contributed by atoms with Gasteiger partial charge in [-0.05, 0) is 19.4 Å². The van der Waals surface area contributed by atoms with Crippen molar-refractivity contribution in [1.29, 1.82) is 0 Å². The average molecular weight is 314 g/mol. The molecule has 0 aliphatic heterocycles. The lowest BCUT2D eigenvalue weighted by Gasteiger charge is -2.19. The van der Waals surface area contributed by atoms with Crippen LogP contribution in [-0.4, -0.2) is 39.5 Å². The van der Waals surface area contributed by atoms with Crippen LogP contribution in [0.1, 0.15) is 24.9 Å². The average Bonchev–Trinajstić information content (AvgIpc) is 2.43. The summed E-state index contributed by atoms with van der Waals surface area (Å²) in [6.07, 6.45) is 1.22. The number of nitrogens with two attached hydrogens (primary N) is 1. The Balaban J connectivity index is 2.65. The van der Waals surface area contributed by atoms with Crippen LogP contribution in [0.5, 0.6) is 5.75 Å². The van der Waals surface area contributed by atoms with Crippen LogP contribution in [0.2, 0.25) is 0 Å². The van der Waals surface area contributed by atoms with Gasteiger partial charge >= 0.3 is 0 Å². The monoisotopic (exact) mass is 314 g/mol. The Labute approximate surface area is 125 Å². The van der Waals surface area contributed by atoms with E-state index in [2.05, 4.69) is 5.32 Å². The summed E-state index contributed by atoms with van der Waals surface area (Å²) in [4.78, 5) is 12.0. The second-order valence-corrected chi connectivity index (χ2v) is 7.26. The van der Waals surface area contributed by atoms with Gasteiger partial charge in [0.2, 0.25) is 5.91 Å². The van der Waals surface area contributed by atoms with Crippen LogP contribution < -0.4 is 15.8 Å². The van der Waals surface area contributed by atoms with Crippen LogP contribution in [0.25, 0.3) is 0 Å². The van der Waals surface area contributed by atoms with E-state index in [0.717, 1.165) is 11.8 Å². The highest BCUT2D eigenvalue weighted by Crippen LogP contribution is 2.24. The summed E-state index contributed by atoms with van der Waals surface area (Å²) < 4.78 is 27.4. The number of carbonyl (C=O) groups is 1. The molecule has 1 aromatic carbocycles. The van der Waals surface area contributed by atoms with Crippen molar-refractivity contribution < 1.29 is 17.9 Å². The Morgan fingerprint density at radius 1 is 1.38 bits per heavy atom. The van der Waals surface area contributed by atoms with E-state index in [0.29, 0.717) is 5.75 Å². The number of carbonyl (C=O) groups excluding carboxylic acids is 1. The molecule has 0 aromatic heterocycles. The van der Waals surface area contributed by atoms with Gasteiger partial charge in [0, 0.05) is 11.8 Å². The number of nitrogens with one attached hydrogen (secondary N) is 1. The molecule has 0 saturated heterocycles. The number of para-hydroxylation sites is 1. The molecule has 0 heterocycles. The third-order valence-electron chi connectivity index (χ3n) is 3.10. The second kappa shape index (κ2) is 7.42. The number of hydrogen-bond acceptors (Lipinski definition) is 5. The highest BCUT2D eigenvalue weighted by atomic mass is 32.2. The van der Waals surface area contributed by atoms with Gasteiger partial charge in [0.15, 0.2) is 0 Å². The zero-order valence-corrected chi connectivity index (χ0v) is 13.3. The quantitative estimate of drug-likeness (QED) is 0.769. The Morgan fingerprint density at radius 2 is 2.00 bits per heavy atom. The van der Waals surface area contributed by atoms with Gasteiger partial charge in [-0.3, -0.25) is 4.79 Å². The van der Waals surface area contributed by atoms with Crippen LogP contribution >= 0.6 is 0 Å². The Bertz CT molecular complexity index is 586. The first-order valence-electron chi connectivity index (χ1n) is 6.61. The maximum absolute atomic E-state index is 12.0. The molecule has 0 saturated carbocycles. The summed E-state index contributed by atoms with van der Waals surface area (Å²) in [6, 6.07) is 6.22. The van der Waals surface area contributed by atoms with Crippen LogP contribution in [0.4, 0.5) is 0 Å². The third-order valence-corrected chi connectivity index (χ3v) is 4.08. The first-order valence-corrected chi connectivity index (χ1v) is 8.67. The van der Waals surface area contributed by atoms with E-state index in [1.165, 1.54) is 0 Å². The smallest absolute Gasteiger partial charge is 0.237 e. The normalized spacial score (nSPS) is 14.3. The molecule has 2 atom stereocenters. The molecule has 1 amide bonds. The summed E-state index contributed by atoms with van der Waals surface area (Å²) >= 11 is 0. The number of rotatable bonds is 7. The first kappa shape index (κ1) is 17.5. The maximum Gasteiger partial charge on any atom is 0.237 e. The van der Waals surface area contributed by atoms with E-state index in [-0.39, 0.29) is 24.1 Å². The van der Waals surface area contributed by atoms with E-state index in [1.54, 1.807) is 7.11 Å². The van der Waals surface area contributed by atoms with Gasteiger partial charge in [0.1, 0.15) is 15.6 Å². The molecular weight excluding hydrogens is 292 g/mol. The SMILES string of the molecule is COc1ccccc1[C@H](C)NC(=O)C(N)CCS(C)(=O)=O. The van der Waals surface area contributed by atoms with Gasteiger partial charge in [-0.1, -0.05) is 18.2 Å². The molecule has 0 fully saturated rings. The van der Waals surface area contributed by atoms with E-state index < -0.39 is 15.9 Å². The third kappa shape index (κ3) is 5.73. The van der Waals surface area contributed by atoms with Gasteiger partial charge in [-0.15, -0.1) is 0 Å². The molecule has 118 valence electrons. The zero-order valence-electron chi connectivity index (χ0n) is 12.5. The van der Waals surface area contributed by atoms with Gasteiger partial charge in [0.25, 0.3) is 0 Å². The van der Waals surface area contributed by atoms with E-state index in [4.69, 9.17) is 10.5 Å². The highest BCUT2D eigenvalue weighted by molar-refractivity contribution is 7.90. The van der Waals surface area contributed by atoms with Crippen molar-refractivity contribution in [3.63, 3.8) is 0 Å². The van der Waals surface area contributed by atoms with E-state index in [9.17, 15) is 13.2 Å². The van der Waals surface area contributed by atoms with Crippen LogP contribution in [0.15, 0.2) is 24.3 Å². The largest absolute Gasteiger partial charge is 0.496 e. The predicted molar refractivity (Wildman–Crippen MR) is 81.9 cm³/mol. The van der Waals surface area contributed by atoms with Crippen molar-refractivity contribution >= 4 is 15.7 Å². The Kier molecular flexibility index (Phi) is 6.17. The molecule has 0 aliphatic rings. The molecular formula is C14H22N2O4S. The van der Waals surface area contributed by atoms with Crippen molar-refractivity contribution in [2.75, 3.05) is 19.1 Å². The van der Waals surface area contributed by atoms with Crippen molar-refractivity contribution in [2.45, 2.75) is 25.4 Å². The van der Waals surface area contributed by atoms with Gasteiger partial charge in [-0.25, -0.2) is 8.42 Å². The number of benzene rings is 1. The fourth-order valence-corrected chi connectivity index (χ4v) is 2.58. The lowest BCUT2D eigenvalue weighted by Crippen LogP contribution is -2.42. The van der Waals surface area contributed by atoms with Crippen molar-refractivity contribution in [3.05, 3.63) is 29.8 Å². The molecule has 0 bridgehead atoms. The summed E-state index contributed by atoms with van der Waals surface area (Å²) in [6.45, 7) is 1.82. The summed E-state index contributed by atoms with van der Waals surface area (Å²) in [5.74, 6) is 0.192. The summed E-state index contributed by atoms with van der Waals surface area (Å²) in [7, 11) is -1.56. The topological polar surface area (TPSA) is 98.5 Å². The molecule has 6 nitrogen and oxygen atoms in total. The molecule has 0 spiro atoms. The van der Waals surface area contributed by atoms with Crippen LogP contribution in [-0.2, 0) is 14.6 Å². The lowest BCUT2D eigenvalue weighted by molar-refractivity contribution is -0.123. The molecule has 1 aromatic rings. The predicted octanol–water partition coefficient (Wildman–Crippen LogP) is 0.634. The summed E-state index contributed by atoms with van der Waals surface area (Å²) in [5.41, 5.74) is 6.55. The first-order chi connectivity index (χ1) is 9.74. The molecule has 3 N–H and O–H groups in total. The van der Waals surface area contributed by atoms with E-state index >= 15 is 0 Å². The number of amides is 1. The maximum atomic E-state index is 12.0. The number of ether oxygens (including phenoxy) is 1. The molecule has 1 rings (SSSR count). The van der Waals surface area contributed by atoms with Crippen molar-refractivity contribution in [3.8, 4) is 5.75 Å². The minimum Gasteiger partial charge on any atom is -0.496 e. The van der Waals surface area contributed by atoms with Gasteiger partial charge in [0.05, 0.1) is 24.9 Å². The Hall–Kier alpha value is -1.60. The molecule has 7 heteroatoms. The Morgan fingerprint density at radius 3 is 2.57 bits per heavy atom. The number of hydrogen-bond donors (Lipinski definition) is 2. The fraction of sp³-hybridized carbons (Fsp3) is 0.500. The van der Waals surface area contributed by atoms with Crippen LogP contribution in [0.3, 0.4) is 0 Å². The molecule has 21 heavy (non-hydrogen) atoms. The lowest BCUT2D eigenvalue weighted by atomic mass is 10.1. The number of methoxy groups -OCH3 is 1. The summed E-state index contributed by atoms with van der Waals surface area (Å²) in [5, 5.41) is 2.77. The fourth-order valence-electron chi connectivity index (χ4n) is 1.89. The zero-order chi connectivity index (χ0) is 16.0.